The first-order valence-corrected chi connectivity index (χ1v) is 13.7. The summed E-state index contributed by atoms with van der Waals surface area (Å²) in [4.78, 5) is 37.2. The Labute approximate surface area is 183 Å². The molecule has 2 atom stereocenters. The second-order valence-electron chi connectivity index (χ2n) is 7.18. The second kappa shape index (κ2) is 11.2. The number of carbonyl (C=O) groups is 3. The van der Waals surface area contributed by atoms with Crippen LogP contribution < -0.4 is 16.0 Å². The van der Waals surface area contributed by atoms with E-state index in [9.17, 15) is 14.4 Å². The predicted molar refractivity (Wildman–Crippen MR) is 125 cm³/mol. The molecular formula is C20H27N3O3S3. The zero-order chi connectivity index (χ0) is 20.6. The third-order valence-electron chi connectivity index (χ3n) is 4.95. The Balaban J connectivity index is 1.52. The second-order valence-corrected chi connectivity index (χ2v) is 11.0. The lowest BCUT2D eigenvalue weighted by Crippen LogP contribution is -2.41. The zero-order valence-corrected chi connectivity index (χ0v) is 18.9. The maximum atomic E-state index is 12.6. The summed E-state index contributed by atoms with van der Waals surface area (Å²) in [6, 6.07) is 4.48. The molecule has 0 bridgehead atoms. The van der Waals surface area contributed by atoms with Crippen LogP contribution in [0, 0.1) is 0 Å². The largest absolute Gasteiger partial charge is 0.340 e. The lowest BCUT2D eigenvalue weighted by molar-refractivity contribution is -0.118. The van der Waals surface area contributed by atoms with Gasteiger partial charge in [0.2, 0.25) is 11.8 Å². The van der Waals surface area contributed by atoms with Crippen LogP contribution in [-0.2, 0) is 9.59 Å². The maximum absolute atomic E-state index is 12.6. The van der Waals surface area contributed by atoms with Crippen molar-refractivity contribution >= 4 is 62.4 Å². The van der Waals surface area contributed by atoms with Crippen molar-refractivity contribution in [1.29, 1.82) is 0 Å². The minimum Gasteiger partial charge on any atom is -0.340 e. The normalized spacial score (nSPS) is 21.1. The van der Waals surface area contributed by atoms with Crippen molar-refractivity contribution in [1.82, 2.24) is 5.32 Å². The van der Waals surface area contributed by atoms with Crippen LogP contribution in [0.5, 0.6) is 0 Å². The summed E-state index contributed by atoms with van der Waals surface area (Å²) in [5, 5.41) is 9.21. The highest BCUT2D eigenvalue weighted by atomic mass is 33.1. The number of benzene rings is 1. The number of carbonyl (C=O) groups excluding carboxylic acids is 3. The Bertz CT molecular complexity index is 754. The number of fused-ring (bicyclic) bond motifs is 1. The minimum atomic E-state index is -0.545. The van der Waals surface area contributed by atoms with Crippen molar-refractivity contribution in [3.8, 4) is 0 Å². The van der Waals surface area contributed by atoms with E-state index in [0.717, 1.165) is 23.8 Å². The fraction of sp³-hybridized carbons (Fsp3) is 0.550. The van der Waals surface area contributed by atoms with Crippen molar-refractivity contribution in [3.63, 3.8) is 0 Å². The molecule has 1 aromatic rings. The molecule has 1 fully saturated rings. The quantitative estimate of drug-likeness (QED) is 0.385. The van der Waals surface area contributed by atoms with Gasteiger partial charge in [0.1, 0.15) is 6.04 Å². The monoisotopic (exact) mass is 453 g/mol. The molecule has 6 nitrogen and oxygen atoms in total. The molecule has 0 unspecified atom stereocenters. The molecule has 0 spiro atoms. The van der Waals surface area contributed by atoms with E-state index in [4.69, 9.17) is 0 Å². The lowest BCUT2D eigenvalue weighted by Gasteiger charge is -2.13. The van der Waals surface area contributed by atoms with E-state index >= 15 is 0 Å². The van der Waals surface area contributed by atoms with E-state index in [0.29, 0.717) is 29.8 Å². The van der Waals surface area contributed by atoms with Gasteiger partial charge in [-0.2, -0.15) is 11.8 Å². The molecule has 3 amide bonds. The Morgan fingerprint density at radius 1 is 1.28 bits per heavy atom. The average molecular weight is 454 g/mol. The molecule has 1 aromatic carbocycles. The highest BCUT2D eigenvalue weighted by Crippen LogP contribution is 2.39. The standard InChI is InChI=1S/C20H27N3O3S3/c1-27-10-9-17-20(26)22-16-7-6-13(12-15(16)19(25)23-17)21-18(24)5-3-2-4-14-8-11-28-29-14/h6-7,12,14,17H,2-5,8-11H2,1H3,(H,21,24)(H,22,26)(H,23,25)/t14-,17-/m0/s1. The molecule has 3 rings (SSSR count). The first-order valence-electron chi connectivity index (χ1n) is 9.89. The van der Waals surface area contributed by atoms with Gasteiger partial charge in [-0.05, 0) is 55.9 Å². The van der Waals surface area contributed by atoms with Crippen molar-refractivity contribution < 1.29 is 14.4 Å². The van der Waals surface area contributed by atoms with Gasteiger partial charge in [0, 0.05) is 23.1 Å². The van der Waals surface area contributed by atoms with Gasteiger partial charge in [-0.15, -0.1) is 0 Å². The molecule has 0 radical (unpaired) electrons. The van der Waals surface area contributed by atoms with E-state index in [2.05, 4.69) is 16.0 Å². The fourth-order valence-corrected chi connectivity index (χ4v) is 6.82. The molecule has 0 aromatic heterocycles. The van der Waals surface area contributed by atoms with Gasteiger partial charge in [-0.25, -0.2) is 0 Å². The minimum absolute atomic E-state index is 0.0469. The molecule has 2 heterocycles. The Morgan fingerprint density at radius 2 is 2.14 bits per heavy atom. The van der Waals surface area contributed by atoms with Crippen LogP contribution in [0.2, 0.25) is 0 Å². The number of hydrogen-bond acceptors (Lipinski definition) is 6. The number of unbranched alkanes of at least 4 members (excludes halogenated alkanes) is 1. The molecule has 29 heavy (non-hydrogen) atoms. The first-order chi connectivity index (χ1) is 14.1. The van der Waals surface area contributed by atoms with E-state index in [-0.39, 0.29) is 17.7 Å². The number of hydrogen-bond donors (Lipinski definition) is 3. The Kier molecular flexibility index (Phi) is 8.62. The van der Waals surface area contributed by atoms with Gasteiger partial charge in [0.15, 0.2) is 0 Å². The zero-order valence-electron chi connectivity index (χ0n) is 16.5. The highest BCUT2D eigenvalue weighted by Gasteiger charge is 2.27. The van der Waals surface area contributed by atoms with Crippen LogP contribution in [0.4, 0.5) is 11.4 Å². The summed E-state index contributed by atoms with van der Waals surface area (Å²) in [5.41, 5.74) is 1.42. The third-order valence-corrected chi connectivity index (χ3v) is 8.60. The summed E-state index contributed by atoms with van der Waals surface area (Å²) in [5.74, 6) is 1.47. The number of amides is 3. The fourth-order valence-electron chi connectivity index (χ4n) is 3.32. The van der Waals surface area contributed by atoms with Crippen LogP contribution in [0.25, 0.3) is 0 Å². The van der Waals surface area contributed by atoms with E-state index in [1.54, 1.807) is 30.0 Å². The average Bonchev–Trinajstić information content (AvgIpc) is 3.19. The predicted octanol–water partition coefficient (Wildman–Crippen LogP) is 4.14. The number of nitrogens with one attached hydrogen (secondary N) is 3. The van der Waals surface area contributed by atoms with Crippen molar-refractivity contribution in [2.45, 2.75) is 49.8 Å². The SMILES string of the molecule is CSCC[C@@H]1NC(=O)c2cc(NC(=O)CCCC[C@H]3CCSS3)ccc2NC1=O. The number of anilines is 2. The van der Waals surface area contributed by atoms with Crippen molar-refractivity contribution in [2.24, 2.45) is 0 Å². The van der Waals surface area contributed by atoms with Crippen LogP contribution in [-0.4, -0.2) is 46.8 Å². The van der Waals surface area contributed by atoms with Gasteiger partial charge in [-0.1, -0.05) is 28.0 Å². The summed E-state index contributed by atoms with van der Waals surface area (Å²) in [6.45, 7) is 0. The molecule has 3 N–H and O–H groups in total. The molecule has 0 saturated carbocycles. The molecular weight excluding hydrogens is 426 g/mol. The van der Waals surface area contributed by atoms with Gasteiger partial charge < -0.3 is 16.0 Å². The van der Waals surface area contributed by atoms with E-state index in [1.165, 1.54) is 18.6 Å². The van der Waals surface area contributed by atoms with Crippen LogP contribution in [0.3, 0.4) is 0 Å². The van der Waals surface area contributed by atoms with E-state index in [1.807, 2.05) is 27.8 Å². The summed E-state index contributed by atoms with van der Waals surface area (Å²) >= 11 is 1.63. The topological polar surface area (TPSA) is 87.3 Å². The number of thioether (sulfide) groups is 1. The Hall–Kier alpha value is -1.32. The molecule has 2 aliphatic rings. The van der Waals surface area contributed by atoms with Gasteiger partial charge in [0.25, 0.3) is 5.91 Å². The summed E-state index contributed by atoms with van der Waals surface area (Å²) in [6.07, 6.45) is 7.38. The smallest absolute Gasteiger partial charge is 0.254 e. The van der Waals surface area contributed by atoms with Crippen LogP contribution in [0.15, 0.2) is 18.2 Å². The van der Waals surface area contributed by atoms with Crippen LogP contribution >= 0.6 is 33.3 Å². The highest BCUT2D eigenvalue weighted by molar-refractivity contribution is 8.77. The summed E-state index contributed by atoms with van der Waals surface area (Å²) in [7, 11) is 3.91. The first kappa shape index (κ1) is 22.4. The van der Waals surface area contributed by atoms with Gasteiger partial charge in [-0.3, -0.25) is 14.4 Å². The molecule has 0 aliphatic carbocycles. The Morgan fingerprint density at radius 3 is 2.90 bits per heavy atom. The summed E-state index contributed by atoms with van der Waals surface area (Å²) < 4.78 is 0. The van der Waals surface area contributed by atoms with Crippen LogP contribution in [0.1, 0.15) is 48.9 Å². The van der Waals surface area contributed by atoms with Crippen molar-refractivity contribution in [3.05, 3.63) is 23.8 Å². The third kappa shape index (κ3) is 6.58. The molecule has 158 valence electrons. The van der Waals surface area contributed by atoms with Crippen molar-refractivity contribution in [2.75, 3.05) is 28.4 Å². The molecule has 2 aliphatic heterocycles. The lowest BCUT2D eigenvalue weighted by atomic mass is 10.1. The van der Waals surface area contributed by atoms with E-state index < -0.39 is 6.04 Å². The molecule has 1 saturated heterocycles. The maximum Gasteiger partial charge on any atom is 0.254 e. The number of rotatable bonds is 9. The van der Waals surface area contributed by atoms with Gasteiger partial charge in [0.05, 0.1) is 11.3 Å². The van der Waals surface area contributed by atoms with Gasteiger partial charge >= 0.3 is 0 Å². The molecule has 9 heteroatoms.